The van der Waals surface area contributed by atoms with Crippen LogP contribution in [0.4, 0.5) is 0 Å². The minimum Gasteiger partial charge on any atom is -0.459 e. The van der Waals surface area contributed by atoms with Crippen LogP contribution in [0.1, 0.15) is 22.2 Å². The molecule has 2 heterocycles. The molecule has 0 saturated heterocycles. The van der Waals surface area contributed by atoms with Gasteiger partial charge in [-0.3, -0.25) is 9.78 Å². The Hall–Kier alpha value is -2.61. The van der Waals surface area contributed by atoms with Gasteiger partial charge in [-0.2, -0.15) is 5.26 Å². The number of hydrogen-bond acceptors (Lipinski definition) is 4. The summed E-state index contributed by atoms with van der Waals surface area (Å²) in [6.45, 7) is 0. The summed E-state index contributed by atoms with van der Waals surface area (Å²) in [5.41, 5.74) is 0.683. The van der Waals surface area contributed by atoms with Crippen LogP contribution in [0.5, 0.6) is 0 Å². The molecule has 1 unspecified atom stereocenters. The van der Waals surface area contributed by atoms with E-state index in [0.29, 0.717) is 5.56 Å². The first-order chi connectivity index (χ1) is 8.31. The van der Waals surface area contributed by atoms with Gasteiger partial charge < -0.3 is 9.73 Å². The van der Waals surface area contributed by atoms with Crippen LogP contribution < -0.4 is 5.32 Å². The molecule has 5 heteroatoms. The summed E-state index contributed by atoms with van der Waals surface area (Å²) in [6.07, 6.45) is 4.54. The largest absolute Gasteiger partial charge is 0.459 e. The molecule has 2 aromatic heterocycles. The van der Waals surface area contributed by atoms with Crippen LogP contribution in [-0.4, -0.2) is 10.9 Å². The number of nitrogens with zero attached hydrogens (tertiary/aromatic N) is 2. The summed E-state index contributed by atoms with van der Waals surface area (Å²) < 4.78 is 4.94. The maximum Gasteiger partial charge on any atom is 0.288 e. The van der Waals surface area contributed by atoms with E-state index in [2.05, 4.69) is 10.3 Å². The second-order valence-electron chi connectivity index (χ2n) is 3.29. The monoisotopic (exact) mass is 227 g/mol. The molecule has 0 aromatic carbocycles. The Kier molecular flexibility index (Phi) is 3.17. The molecule has 2 rings (SSSR count). The SMILES string of the molecule is N#CC(NC(=O)c1ccco1)c1ccncc1. The molecular weight excluding hydrogens is 218 g/mol. The first-order valence-corrected chi connectivity index (χ1v) is 4.95. The van der Waals surface area contributed by atoms with Crippen LogP contribution in [0.2, 0.25) is 0 Å². The number of nitrogens with one attached hydrogen (secondary N) is 1. The summed E-state index contributed by atoms with van der Waals surface area (Å²) in [6, 6.07) is 7.80. The fraction of sp³-hybridized carbons (Fsp3) is 0.0833. The minimum absolute atomic E-state index is 0.180. The third-order valence-corrected chi connectivity index (χ3v) is 2.19. The van der Waals surface area contributed by atoms with E-state index in [1.54, 1.807) is 30.6 Å². The van der Waals surface area contributed by atoms with E-state index < -0.39 is 11.9 Å². The number of amides is 1. The average Bonchev–Trinajstić information content (AvgIpc) is 2.90. The number of carbonyl (C=O) groups is 1. The Labute approximate surface area is 97.7 Å². The highest BCUT2D eigenvalue weighted by molar-refractivity contribution is 5.91. The Balaban J connectivity index is 2.12. The van der Waals surface area contributed by atoms with Gasteiger partial charge in [-0.15, -0.1) is 0 Å². The van der Waals surface area contributed by atoms with Gasteiger partial charge in [0, 0.05) is 12.4 Å². The predicted molar refractivity (Wildman–Crippen MR) is 58.8 cm³/mol. The minimum atomic E-state index is -0.712. The topological polar surface area (TPSA) is 78.9 Å². The number of hydrogen-bond donors (Lipinski definition) is 1. The summed E-state index contributed by atoms with van der Waals surface area (Å²) in [7, 11) is 0. The number of rotatable bonds is 3. The van der Waals surface area contributed by atoms with E-state index >= 15 is 0 Å². The molecule has 2 aromatic rings. The zero-order valence-corrected chi connectivity index (χ0v) is 8.83. The second kappa shape index (κ2) is 4.94. The first-order valence-electron chi connectivity index (χ1n) is 4.95. The maximum atomic E-state index is 11.7. The van der Waals surface area contributed by atoms with Gasteiger partial charge in [0.2, 0.25) is 0 Å². The van der Waals surface area contributed by atoms with Crippen molar-refractivity contribution in [2.45, 2.75) is 6.04 Å². The molecule has 5 nitrogen and oxygen atoms in total. The summed E-state index contributed by atoms with van der Waals surface area (Å²) in [5, 5.41) is 11.6. The van der Waals surface area contributed by atoms with Gasteiger partial charge in [0.05, 0.1) is 12.3 Å². The van der Waals surface area contributed by atoms with Crippen LogP contribution in [0, 0.1) is 11.3 Å². The predicted octanol–water partition coefficient (Wildman–Crippen LogP) is 1.67. The van der Waals surface area contributed by atoms with Crippen LogP contribution in [0.15, 0.2) is 47.3 Å². The molecule has 1 atom stereocenters. The van der Waals surface area contributed by atoms with Crippen LogP contribution in [0.25, 0.3) is 0 Å². The molecule has 0 radical (unpaired) electrons. The smallest absolute Gasteiger partial charge is 0.288 e. The Morgan fingerprint density at radius 3 is 2.76 bits per heavy atom. The normalized spacial score (nSPS) is 11.5. The molecule has 1 N–H and O–H groups in total. The van der Waals surface area contributed by atoms with Crippen molar-refractivity contribution in [2.24, 2.45) is 0 Å². The summed E-state index contributed by atoms with van der Waals surface area (Å²) in [4.78, 5) is 15.5. The van der Waals surface area contributed by atoms with Crippen molar-refractivity contribution in [3.8, 4) is 6.07 Å². The van der Waals surface area contributed by atoms with Gasteiger partial charge in [0.1, 0.15) is 6.04 Å². The van der Waals surface area contributed by atoms with E-state index in [9.17, 15) is 4.79 Å². The van der Waals surface area contributed by atoms with E-state index in [1.807, 2.05) is 6.07 Å². The lowest BCUT2D eigenvalue weighted by Gasteiger charge is -2.10. The molecule has 0 fully saturated rings. The molecule has 0 aliphatic heterocycles. The van der Waals surface area contributed by atoms with Gasteiger partial charge >= 0.3 is 0 Å². The molecule has 1 amide bonds. The number of pyridine rings is 1. The second-order valence-corrected chi connectivity index (χ2v) is 3.29. The zero-order chi connectivity index (χ0) is 12.1. The highest BCUT2D eigenvalue weighted by Crippen LogP contribution is 2.11. The molecule has 0 spiro atoms. The van der Waals surface area contributed by atoms with Crippen molar-refractivity contribution in [3.05, 3.63) is 54.2 Å². The Morgan fingerprint density at radius 1 is 1.41 bits per heavy atom. The van der Waals surface area contributed by atoms with E-state index in [0.717, 1.165) is 0 Å². The number of aromatic nitrogens is 1. The van der Waals surface area contributed by atoms with Gasteiger partial charge in [-0.05, 0) is 29.8 Å². The standard InChI is InChI=1S/C12H9N3O2/c13-8-10(9-3-5-14-6-4-9)15-12(16)11-2-1-7-17-11/h1-7,10H,(H,15,16). The van der Waals surface area contributed by atoms with Gasteiger partial charge in [0.25, 0.3) is 5.91 Å². The molecule has 0 aliphatic carbocycles. The summed E-state index contributed by atoms with van der Waals surface area (Å²) >= 11 is 0. The molecule has 0 aliphatic rings. The van der Waals surface area contributed by atoms with Crippen LogP contribution >= 0.6 is 0 Å². The average molecular weight is 227 g/mol. The zero-order valence-electron chi connectivity index (χ0n) is 8.83. The molecule has 84 valence electrons. The van der Waals surface area contributed by atoms with Crippen molar-refractivity contribution >= 4 is 5.91 Å². The summed E-state index contributed by atoms with van der Waals surface area (Å²) in [5.74, 6) is -0.238. The number of nitriles is 1. The van der Waals surface area contributed by atoms with Crippen molar-refractivity contribution in [1.29, 1.82) is 5.26 Å². The highest BCUT2D eigenvalue weighted by atomic mass is 16.3. The van der Waals surface area contributed by atoms with E-state index in [4.69, 9.17) is 9.68 Å². The Morgan fingerprint density at radius 2 is 2.18 bits per heavy atom. The molecular formula is C12H9N3O2. The van der Waals surface area contributed by atoms with Crippen molar-refractivity contribution in [2.75, 3.05) is 0 Å². The van der Waals surface area contributed by atoms with Crippen molar-refractivity contribution < 1.29 is 9.21 Å². The Bertz CT molecular complexity index is 529. The van der Waals surface area contributed by atoms with Gasteiger partial charge in [-0.25, -0.2) is 0 Å². The fourth-order valence-electron chi connectivity index (χ4n) is 1.36. The number of furan rings is 1. The van der Waals surface area contributed by atoms with Crippen LogP contribution in [0.3, 0.4) is 0 Å². The van der Waals surface area contributed by atoms with Crippen molar-refractivity contribution in [1.82, 2.24) is 10.3 Å². The third-order valence-electron chi connectivity index (χ3n) is 2.19. The van der Waals surface area contributed by atoms with Crippen molar-refractivity contribution in [3.63, 3.8) is 0 Å². The van der Waals surface area contributed by atoms with Gasteiger partial charge in [0.15, 0.2) is 5.76 Å². The quantitative estimate of drug-likeness (QED) is 0.864. The lowest BCUT2D eigenvalue weighted by molar-refractivity contribution is 0.0917. The fourth-order valence-corrected chi connectivity index (χ4v) is 1.36. The molecule has 17 heavy (non-hydrogen) atoms. The number of carbonyl (C=O) groups excluding carboxylic acids is 1. The van der Waals surface area contributed by atoms with Gasteiger partial charge in [-0.1, -0.05) is 0 Å². The molecule has 0 bridgehead atoms. The third kappa shape index (κ3) is 2.49. The molecule has 0 saturated carbocycles. The van der Waals surface area contributed by atoms with E-state index in [1.165, 1.54) is 12.3 Å². The highest BCUT2D eigenvalue weighted by Gasteiger charge is 2.16. The lowest BCUT2D eigenvalue weighted by atomic mass is 10.1. The van der Waals surface area contributed by atoms with Crippen LogP contribution in [-0.2, 0) is 0 Å². The maximum absolute atomic E-state index is 11.7. The lowest BCUT2D eigenvalue weighted by Crippen LogP contribution is -2.27. The van der Waals surface area contributed by atoms with E-state index in [-0.39, 0.29) is 5.76 Å². The first kappa shape index (κ1) is 10.9.